The molecular weight excluding hydrogens is 244 g/mol. The smallest absolute Gasteiger partial charge is 0.271 e. The number of hydrogen-bond acceptors (Lipinski definition) is 4. The molecule has 0 fully saturated rings. The standard InChI is InChI=1S/C13H16N4O2/c1-3-16-9-14-7-12(16)8-15-13-6-11(17(18)19)5-4-10(13)2/h4-7,9,15H,3,8H2,1-2H3. The van der Waals surface area contributed by atoms with E-state index in [4.69, 9.17) is 0 Å². The Bertz CT molecular complexity index is 592. The number of aryl methyl sites for hydroxylation is 2. The fraction of sp³-hybridized carbons (Fsp3) is 0.308. The third-order valence-corrected chi connectivity index (χ3v) is 3.03. The maximum atomic E-state index is 10.8. The second-order valence-electron chi connectivity index (χ2n) is 4.28. The molecule has 0 aliphatic carbocycles. The van der Waals surface area contributed by atoms with E-state index in [0.29, 0.717) is 6.54 Å². The van der Waals surface area contributed by atoms with E-state index >= 15 is 0 Å². The normalized spacial score (nSPS) is 10.4. The number of non-ortho nitro benzene ring substituents is 1. The van der Waals surface area contributed by atoms with Crippen LogP contribution in [0.15, 0.2) is 30.7 Å². The molecule has 0 unspecified atom stereocenters. The van der Waals surface area contributed by atoms with Crippen molar-refractivity contribution in [2.75, 3.05) is 5.32 Å². The minimum Gasteiger partial charge on any atom is -0.379 e. The van der Waals surface area contributed by atoms with Gasteiger partial charge in [-0.3, -0.25) is 10.1 Å². The van der Waals surface area contributed by atoms with E-state index in [9.17, 15) is 10.1 Å². The van der Waals surface area contributed by atoms with Gasteiger partial charge in [0.15, 0.2) is 0 Å². The third kappa shape index (κ3) is 2.90. The first kappa shape index (κ1) is 13.1. The van der Waals surface area contributed by atoms with Crippen molar-refractivity contribution in [2.24, 2.45) is 0 Å². The molecule has 1 N–H and O–H groups in total. The number of imidazole rings is 1. The number of nitro groups is 1. The highest BCUT2D eigenvalue weighted by Crippen LogP contribution is 2.22. The van der Waals surface area contributed by atoms with Gasteiger partial charge in [-0.05, 0) is 19.4 Å². The maximum Gasteiger partial charge on any atom is 0.271 e. The highest BCUT2D eigenvalue weighted by Gasteiger charge is 2.09. The summed E-state index contributed by atoms with van der Waals surface area (Å²) in [5.41, 5.74) is 2.90. The summed E-state index contributed by atoms with van der Waals surface area (Å²) < 4.78 is 2.03. The zero-order chi connectivity index (χ0) is 13.8. The number of nitro benzene ring substituents is 1. The summed E-state index contributed by atoms with van der Waals surface area (Å²) in [6, 6.07) is 4.82. The molecule has 0 bridgehead atoms. The van der Waals surface area contributed by atoms with Crippen molar-refractivity contribution in [3.05, 3.63) is 52.1 Å². The van der Waals surface area contributed by atoms with Gasteiger partial charge in [0.1, 0.15) is 0 Å². The van der Waals surface area contributed by atoms with E-state index in [0.717, 1.165) is 23.5 Å². The largest absolute Gasteiger partial charge is 0.379 e. The van der Waals surface area contributed by atoms with Crippen LogP contribution in [0, 0.1) is 17.0 Å². The minimum absolute atomic E-state index is 0.0945. The Labute approximate surface area is 111 Å². The van der Waals surface area contributed by atoms with E-state index in [1.54, 1.807) is 24.7 Å². The van der Waals surface area contributed by atoms with Gasteiger partial charge in [-0.2, -0.15) is 0 Å². The molecule has 0 saturated carbocycles. The summed E-state index contributed by atoms with van der Waals surface area (Å²) in [6.45, 7) is 5.41. The molecule has 1 aromatic carbocycles. The van der Waals surface area contributed by atoms with E-state index in [-0.39, 0.29) is 10.6 Å². The Kier molecular flexibility index (Phi) is 3.79. The summed E-state index contributed by atoms with van der Waals surface area (Å²) in [5, 5.41) is 14.0. The van der Waals surface area contributed by atoms with Gasteiger partial charge in [-0.15, -0.1) is 0 Å². The molecule has 19 heavy (non-hydrogen) atoms. The van der Waals surface area contributed by atoms with Gasteiger partial charge in [-0.25, -0.2) is 4.98 Å². The van der Waals surface area contributed by atoms with Crippen LogP contribution in [0.5, 0.6) is 0 Å². The molecule has 6 heteroatoms. The van der Waals surface area contributed by atoms with Gasteiger partial charge >= 0.3 is 0 Å². The molecule has 1 heterocycles. The van der Waals surface area contributed by atoms with Crippen molar-refractivity contribution in [2.45, 2.75) is 26.9 Å². The number of anilines is 1. The molecule has 100 valence electrons. The number of nitrogens with zero attached hydrogens (tertiary/aromatic N) is 3. The van der Waals surface area contributed by atoms with Crippen LogP contribution >= 0.6 is 0 Å². The fourth-order valence-corrected chi connectivity index (χ4v) is 1.88. The molecule has 0 aliphatic rings. The van der Waals surface area contributed by atoms with Crippen LogP contribution < -0.4 is 5.32 Å². The summed E-state index contributed by atoms with van der Waals surface area (Å²) >= 11 is 0. The van der Waals surface area contributed by atoms with Crippen molar-refractivity contribution in [1.29, 1.82) is 0 Å². The molecule has 0 aliphatic heterocycles. The highest BCUT2D eigenvalue weighted by molar-refractivity contribution is 5.56. The van der Waals surface area contributed by atoms with Gasteiger partial charge in [-0.1, -0.05) is 6.07 Å². The van der Waals surface area contributed by atoms with E-state index in [1.165, 1.54) is 6.07 Å². The van der Waals surface area contributed by atoms with Crippen molar-refractivity contribution in [3.63, 3.8) is 0 Å². The predicted octanol–water partition coefficient (Wildman–Crippen LogP) is 2.73. The Hall–Kier alpha value is -2.37. The first-order chi connectivity index (χ1) is 9.11. The van der Waals surface area contributed by atoms with E-state index in [2.05, 4.69) is 10.3 Å². The highest BCUT2D eigenvalue weighted by atomic mass is 16.6. The van der Waals surface area contributed by atoms with Crippen LogP contribution in [-0.2, 0) is 13.1 Å². The SMILES string of the molecule is CCn1cncc1CNc1cc([N+](=O)[O-])ccc1C. The first-order valence-corrected chi connectivity index (χ1v) is 6.09. The molecule has 0 radical (unpaired) electrons. The quantitative estimate of drug-likeness (QED) is 0.662. The number of hydrogen-bond donors (Lipinski definition) is 1. The Balaban J connectivity index is 2.15. The lowest BCUT2D eigenvalue weighted by molar-refractivity contribution is -0.384. The average molecular weight is 260 g/mol. The Morgan fingerprint density at radius 1 is 1.47 bits per heavy atom. The molecule has 2 rings (SSSR count). The summed E-state index contributed by atoms with van der Waals surface area (Å²) in [7, 11) is 0. The van der Waals surface area contributed by atoms with E-state index in [1.807, 2.05) is 18.4 Å². The monoisotopic (exact) mass is 260 g/mol. The molecule has 0 atom stereocenters. The van der Waals surface area contributed by atoms with Crippen molar-refractivity contribution >= 4 is 11.4 Å². The van der Waals surface area contributed by atoms with Crippen molar-refractivity contribution < 1.29 is 4.92 Å². The molecular formula is C13H16N4O2. The summed E-state index contributed by atoms with van der Waals surface area (Å²) in [6.07, 6.45) is 3.57. The van der Waals surface area contributed by atoms with Crippen LogP contribution in [-0.4, -0.2) is 14.5 Å². The van der Waals surface area contributed by atoms with Gasteiger partial charge in [0.05, 0.1) is 23.5 Å². The first-order valence-electron chi connectivity index (χ1n) is 6.09. The second-order valence-corrected chi connectivity index (χ2v) is 4.28. The summed E-state index contributed by atoms with van der Waals surface area (Å²) in [4.78, 5) is 14.5. The number of nitrogens with one attached hydrogen (secondary N) is 1. The number of benzene rings is 1. The fourth-order valence-electron chi connectivity index (χ4n) is 1.88. The van der Waals surface area contributed by atoms with E-state index < -0.39 is 0 Å². The third-order valence-electron chi connectivity index (χ3n) is 3.03. The zero-order valence-electron chi connectivity index (χ0n) is 11.0. The molecule has 2 aromatic rings. The minimum atomic E-state index is -0.388. The van der Waals surface area contributed by atoms with Crippen LogP contribution in [0.3, 0.4) is 0 Å². The molecule has 1 aromatic heterocycles. The van der Waals surface area contributed by atoms with Gasteiger partial charge in [0.25, 0.3) is 5.69 Å². The van der Waals surface area contributed by atoms with Gasteiger partial charge < -0.3 is 9.88 Å². The molecule has 6 nitrogen and oxygen atoms in total. The van der Waals surface area contributed by atoms with Crippen LogP contribution in [0.4, 0.5) is 11.4 Å². The lowest BCUT2D eigenvalue weighted by Gasteiger charge is -2.10. The maximum absolute atomic E-state index is 10.8. The zero-order valence-corrected chi connectivity index (χ0v) is 11.0. The summed E-state index contributed by atoms with van der Waals surface area (Å²) in [5.74, 6) is 0. The Morgan fingerprint density at radius 2 is 2.26 bits per heavy atom. The lowest BCUT2D eigenvalue weighted by Crippen LogP contribution is -2.07. The molecule has 0 amide bonds. The Morgan fingerprint density at radius 3 is 2.95 bits per heavy atom. The molecule has 0 saturated heterocycles. The number of aromatic nitrogens is 2. The lowest BCUT2D eigenvalue weighted by atomic mass is 10.2. The van der Waals surface area contributed by atoms with Crippen molar-refractivity contribution in [3.8, 4) is 0 Å². The second kappa shape index (κ2) is 5.51. The van der Waals surface area contributed by atoms with Gasteiger partial charge in [0, 0.05) is 30.6 Å². The van der Waals surface area contributed by atoms with Crippen LogP contribution in [0.25, 0.3) is 0 Å². The average Bonchev–Trinajstić information content (AvgIpc) is 2.85. The van der Waals surface area contributed by atoms with Gasteiger partial charge in [0.2, 0.25) is 0 Å². The topological polar surface area (TPSA) is 73.0 Å². The van der Waals surface area contributed by atoms with Crippen LogP contribution in [0.1, 0.15) is 18.2 Å². The van der Waals surface area contributed by atoms with Crippen LogP contribution in [0.2, 0.25) is 0 Å². The number of rotatable bonds is 5. The van der Waals surface area contributed by atoms with Crippen molar-refractivity contribution in [1.82, 2.24) is 9.55 Å². The predicted molar refractivity (Wildman–Crippen MR) is 73.1 cm³/mol. The molecule has 0 spiro atoms.